The van der Waals surface area contributed by atoms with Crippen molar-refractivity contribution in [2.75, 3.05) is 46.9 Å². The number of carbonyl (C=O) groups is 1. The van der Waals surface area contributed by atoms with E-state index in [0.717, 1.165) is 43.9 Å². The van der Waals surface area contributed by atoms with Gasteiger partial charge >= 0.3 is 0 Å². The Kier molecular flexibility index (Phi) is 7.26. The van der Waals surface area contributed by atoms with Crippen LogP contribution < -0.4 is 10.1 Å². The molecule has 5 nitrogen and oxygen atoms in total. The molecule has 2 aromatic rings. The number of ether oxygens (including phenoxy) is 1. The second kappa shape index (κ2) is 9.88. The first-order valence-corrected chi connectivity index (χ1v) is 10.4. The minimum atomic E-state index is 0.111. The third-order valence-electron chi connectivity index (χ3n) is 5.20. The summed E-state index contributed by atoms with van der Waals surface area (Å²) >= 11 is 1.72. The number of piperazine rings is 1. The fraction of sp³-hybridized carbons (Fsp3) is 0.476. The van der Waals surface area contributed by atoms with E-state index in [4.69, 9.17) is 4.74 Å². The van der Waals surface area contributed by atoms with Gasteiger partial charge < -0.3 is 15.0 Å². The highest BCUT2D eigenvalue weighted by atomic mass is 32.1. The van der Waals surface area contributed by atoms with Crippen molar-refractivity contribution in [2.24, 2.45) is 0 Å². The van der Waals surface area contributed by atoms with Crippen LogP contribution >= 0.6 is 11.3 Å². The summed E-state index contributed by atoms with van der Waals surface area (Å²) in [5, 5.41) is 7.47. The molecule has 1 aliphatic heterocycles. The smallest absolute Gasteiger partial charge is 0.220 e. The number of nitrogens with one attached hydrogen (secondary N) is 1. The maximum absolute atomic E-state index is 12.4. The molecule has 1 N–H and O–H groups in total. The van der Waals surface area contributed by atoms with Crippen LogP contribution in [-0.4, -0.2) is 62.6 Å². The van der Waals surface area contributed by atoms with Gasteiger partial charge in [-0.3, -0.25) is 9.69 Å². The fourth-order valence-electron chi connectivity index (χ4n) is 3.40. The molecule has 0 radical (unpaired) electrons. The van der Waals surface area contributed by atoms with Crippen LogP contribution in [0, 0.1) is 0 Å². The zero-order chi connectivity index (χ0) is 19.1. The molecule has 1 aromatic heterocycles. The summed E-state index contributed by atoms with van der Waals surface area (Å²) in [5.41, 5.74) is 2.46. The highest BCUT2D eigenvalue weighted by Gasteiger charge is 2.24. The van der Waals surface area contributed by atoms with Crippen LogP contribution in [0.25, 0.3) is 0 Å². The molecule has 1 atom stereocenters. The third kappa shape index (κ3) is 5.79. The fourth-order valence-corrected chi connectivity index (χ4v) is 4.11. The van der Waals surface area contributed by atoms with E-state index in [9.17, 15) is 4.79 Å². The summed E-state index contributed by atoms with van der Waals surface area (Å²) < 4.78 is 5.17. The highest BCUT2D eigenvalue weighted by Crippen LogP contribution is 2.23. The first-order chi connectivity index (χ1) is 13.2. The number of hydrogen-bond donors (Lipinski definition) is 1. The van der Waals surface area contributed by atoms with Gasteiger partial charge in [0.25, 0.3) is 0 Å². The SMILES string of the molecule is COc1ccc(CCC(=O)NCC(c2ccsc2)N2CCN(C)CC2)cc1. The van der Waals surface area contributed by atoms with Gasteiger partial charge in [-0.2, -0.15) is 11.3 Å². The second-order valence-electron chi connectivity index (χ2n) is 7.06. The number of carbonyl (C=O) groups excluding carboxylic acids is 1. The lowest BCUT2D eigenvalue weighted by molar-refractivity contribution is -0.121. The number of hydrogen-bond acceptors (Lipinski definition) is 5. The summed E-state index contributed by atoms with van der Waals surface area (Å²) in [6.07, 6.45) is 1.25. The van der Waals surface area contributed by atoms with Crippen LogP contribution in [0.4, 0.5) is 0 Å². The maximum Gasteiger partial charge on any atom is 0.220 e. The summed E-state index contributed by atoms with van der Waals surface area (Å²) in [7, 11) is 3.82. The van der Waals surface area contributed by atoms with Crippen molar-refractivity contribution in [2.45, 2.75) is 18.9 Å². The largest absolute Gasteiger partial charge is 0.497 e. The van der Waals surface area contributed by atoms with Crippen LogP contribution in [0.15, 0.2) is 41.1 Å². The molecule has 27 heavy (non-hydrogen) atoms. The average Bonchev–Trinajstić information content (AvgIpc) is 3.23. The van der Waals surface area contributed by atoms with Crippen molar-refractivity contribution in [3.8, 4) is 5.75 Å². The average molecular weight is 388 g/mol. The zero-order valence-electron chi connectivity index (χ0n) is 16.2. The molecule has 1 fully saturated rings. The Balaban J connectivity index is 1.51. The van der Waals surface area contributed by atoms with E-state index in [1.54, 1.807) is 18.4 Å². The Morgan fingerprint density at radius 3 is 2.56 bits per heavy atom. The lowest BCUT2D eigenvalue weighted by Crippen LogP contribution is -2.48. The molecule has 0 spiro atoms. The molecule has 0 bridgehead atoms. The maximum atomic E-state index is 12.4. The molecule has 1 saturated heterocycles. The van der Waals surface area contributed by atoms with Gasteiger partial charge in [-0.1, -0.05) is 12.1 Å². The molecular formula is C21H29N3O2S. The van der Waals surface area contributed by atoms with Crippen LogP contribution in [0.1, 0.15) is 23.6 Å². The molecule has 1 unspecified atom stereocenters. The number of amides is 1. The van der Waals surface area contributed by atoms with Crippen molar-refractivity contribution in [1.29, 1.82) is 0 Å². The van der Waals surface area contributed by atoms with E-state index in [1.165, 1.54) is 5.56 Å². The lowest BCUT2D eigenvalue weighted by Gasteiger charge is -2.38. The van der Waals surface area contributed by atoms with Gasteiger partial charge in [0, 0.05) is 39.1 Å². The molecule has 0 saturated carbocycles. The Morgan fingerprint density at radius 1 is 1.19 bits per heavy atom. The van der Waals surface area contributed by atoms with Crippen LogP contribution in [0.5, 0.6) is 5.75 Å². The Morgan fingerprint density at radius 2 is 1.93 bits per heavy atom. The topological polar surface area (TPSA) is 44.8 Å². The highest BCUT2D eigenvalue weighted by molar-refractivity contribution is 7.07. The van der Waals surface area contributed by atoms with E-state index in [1.807, 2.05) is 24.3 Å². The Bertz CT molecular complexity index is 695. The summed E-state index contributed by atoms with van der Waals surface area (Å²) in [4.78, 5) is 17.2. The number of rotatable bonds is 8. The number of methoxy groups -OCH3 is 1. The van der Waals surface area contributed by atoms with Crippen molar-refractivity contribution in [3.05, 3.63) is 52.2 Å². The standard InChI is InChI=1S/C21H29N3O2S/c1-23-10-12-24(13-11-23)20(18-9-14-27-16-18)15-22-21(25)8-5-17-3-6-19(26-2)7-4-17/h3-4,6-7,9,14,16,20H,5,8,10-13,15H2,1-2H3,(H,22,25). The quantitative estimate of drug-likeness (QED) is 0.757. The Labute approximate surface area is 165 Å². The van der Waals surface area contributed by atoms with Crippen LogP contribution in [0.2, 0.25) is 0 Å². The first kappa shape index (κ1) is 19.9. The van der Waals surface area contributed by atoms with Crippen molar-refractivity contribution >= 4 is 17.2 Å². The molecule has 1 aliphatic rings. The first-order valence-electron chi connectivity index (χ1n) is 9.50. The molecule has 6 heteroatoms. The normalized spacial score (nSPS) is 16.8. The Hall–Kier alpha value is -1.89. The van der Waals surface area contributed by atoms with Crippen molar-refractivity contribution < 1.29 is 9.53 Å². The van der Waals surface area contributed by atoms with E-state index < -0.39 is 0 Å². The molecule has 3 rings (SSSR count). The van der Waals surface area contributed by atoms with Gasteiger partial charge in [0.2, 0.25) is 5.91 Å². The zero-order valence-corrected chi connectivity index (χ0v) is 17.0. The minimum absolute atomic E-state index is 0.111. The van der Waals surface area contributed by atoms with Crippen molar-refractivity contribution in [3.63, 3.8) is 0 Å². The predicted octanol–water partition coefficient (Wildman–Crippen LogP) is 2.79. The lowest BCUT2D eigenvalue weighted by atomic mass is 10.1. The third-order valence-corrected chi connectivity index (χ3v) is 5.90. The molecule has 1 aromatic carbocycles. The van der Waals surface area contributed by atoms with Crippen LogP contribution in [0.3, 0.4) is 0 Å². The number of likely N-dealkylation sites (N-methyl/N-ethyl adjacent to an activating group) is 1. The molecule has 146 valence electrons. The molecular weight excluding hydrogens is 358 g/mol. The van der Waals surface area contributed by atoms with Gasteiger partial charge in [-0.15, -0.1) is 0 Å². The van der Waals surface area contributed by atoms with Gasteiger partial charge in [0.1, 0.15) is 5.75 Å². The molecule has 0 aliphatic carbocycles. The summed E-state index contributed by atoms with van der Waals surface area (Å²) in [6.45, 7) is 4.90. The van der Waals surface area contributed by atoms with Crippen LogP contribution in [-0.2, 0) is 11.2 Å². The number of nitrogens with zero attached hydrogens (tertiary/aromatic N) is 2. The second-order valence-corrected chi connectivity index (χ2v) is 7.84. The summed E-state index contributed by atoms with van der Waals surface area (Å²) in [5.74, 6) is 0.953. The van der Waals surface area contributed by atoms with Gasteiger partial charge in [0.05, 0.1) is 13.2 Å². The van der Waals surface area contributed by atoms with Gasteiger partial charge in [-0.05, 0) is 53.6 Å². The van der Waals surface area contributed by atoms with E-state index in [0.29, 0.717) is 13.0 Å². The number of aryl methyl sites for hydroxylation is 1. The van der Waals surface area contributed by atoms with E-state index in [-0.39, 0.29) is 11.9 Å². The van der Waals surface area contributed by atoms with Gasteiger partial charge in [-0.25, -0.2) is 0 Å². The van der Waals surface area contributed by atoms with E-state index in [2.05, 4.69) is 39.0 Å². The van der Waals surface area contributed by atoms with Crippen molar-refractivity contribution in [1.82, 2.24) is 15.1 Å². The summed E-state index contributed by atoms with van der Waals surface area (Å²) in [6, 6.07) is 10.3. The number of thiophene rings is 1. The predicted molar refractivity (Wildman–Crippen MR) is 110 cm³/mol. The molecule has 2 heterocycles. The monoisotopic (exact) mass is 387 g/mol. The minimum Gasteiger partial charge on any atom is -0.497 e. The molecule has 1 amide bonds. The van der Waals surface area contributed by atoms with E-state index >= 15 is 0 Å². The number of benzene rings is 1. The van der Waals surface area contributed by atoms with Gasteiger partial charge in [0.15, 0.2) is 0 Å².